The van der Waals surface area contributed by atoms with E-state index in [0.717, 1.165) is 0 Å². The summed E-state index contributed by atoms with van der Waals surface area (Å²) in [6.07, 6.45) is 0. The lowest BCUT2D eigenvalue weighted by atomic mass is 9.98. The fourth-order valence-electron chi connectivity index (χ4n) is 7.97. The van der Waals surface area contributed by atoms with Crippen molar-refractivity contribution in [2.24, 2.45) is 0 Å². The van der Waals surface area contributed by atoms with Crippen LogP contribution in [0.4, 0.5) is 0 Å². The molecule has 0 spiro atoms. The quantitative estimate of drug-likeness (QED) is 0.194. The molecule has 0 bridgehead atoms. The Balaban J connectivity index is 1.50. The normalized spacial score (nSPS) is 13.0. The summed E-state index contributed by atoms with van der Waals surface area (Å²) in [6, 6.07) is 45.3. The maximum atomic E-state index is 2.52. The van der Waals surface area contributed by atoms with Crippen LogP contribution in [0.3, 0.4) is 0 Å². The number of nitrogens with zero attached hydrogens (tertiary/aromatic N) is 2. The minimum Gasteiger partial charge on any atom is -0.308 e. The summed E-state index contributed by atoms with van der Waals surface area (Å²) < 4.78 is 5.04. The summed E-state index contributed by atoms with van der Waals surface area (Å²) in [7, 11) is 0. The third kappa shape index (κ3) is 2.04. The Labute approximate surface area is 227 Å². The summed E-state index contributed by atoms with van der Waals surface area (Å²) in [6.45, 7) is 0. The molecule has 7 aromatic carbocycles. The third-order valence-corrected chi connectivity index (χ3v) is 9.50. The van der Waals surface area contributed by atoms with Gasteiger partial charge in [0, 0.05) is 43.1 Å². The Bertz CT molecular complexity index is 2860. The van der Waals surface area contributed by atoms with Crippen LogP contribution in [0, 0.1) is 0 Å². The molecule has 0 radical (unpaired) electrons. The van der Waals surface area contributed by atoms with Gasteiger partial charge in [0.15, 0.2) is 0 Å². The van der Waals surface area contributed by atoms with Crippen LogP contribution in [-0.4, -0.2) is 8.80 Å². The van der Waals surface area contributed by atoms with Crippen LogP contribution in [0.15, 0.2) is 121 Å². The molecule has 0 saturated heterocycles. The molecule has 0 aliphatic rings. The largest absolute Gasteiger partial charge is 0.308 e. The molecule has 2 nitrogen and oxygen atoms in total. The SMILES string of the molecule is c1ccc2c(c1)cc1c3cc4c5c6ccccc6cc6c7ccccc7n(c4cc3n3c4ccccc4c2c13)c65. The number of aromatic nitrogens is 2. The molecule has 0 N–H and O–H groups in total. The summed E-state index contributed by atoms with van der Waals surface area (Å²) in [5.41, 5.74) is 7.77. The molecule has 0 saturated carbocycles. The lowest BCUT2D eigenvalue weighted by Crippen LogP contribution is -1.83. The Morgan fingerprint density at radius 1 is 0.300 bits per heavy atom. The molecule has 182 valence electrons. The van der Waals surface area contributed by atoms with E-state index in [-0.39, 0.29) is 0 Å². The van der Waals surface area contributed by atoms with Crippen LogP contribution in [0.25, 0.3) is 97.7 Å². The van der Waals surface area contributed by atoms with E-state index in [0.29, 0.717) is 0 Å². The van der Waals surface area contributed by atoms with Crippen LogP contribution in [-0.2, 0) is 0 Å². The van der Waals surface area contributed by atoms with E-state index in [2.05, 4.69) is 130 Å². The Morgan fingerprint density at radius 2 is 0.775 bits per heavy atom. The lowest BCUT2D eigenvalue weighted by molar-refractivity contribution is 1.35. The first kappa shape index (κ1) is 19.7. The van der Waals surface area contributed by atoms with Gasteiger partial charge in [0.2, 0.25) is 0 Å². The van der Waals surface area contributed by atoms with Crippen LogP contribution >= 0.6 is 0 Å². The zero-order valence-electron chi connectivity index (χ0n) is 21.4. The first-order valence-corrected chi connectivity index (χ1v) is 14.0. The van der Waals surface area contributed by atoms with Crippen molar-refractivity contribution in [3.8, 4) is 0 Å². The number of fused-ring (bicyclic) bond motifs is 16. The standard InChI is InChI=1S/C38H20N2/c1-3-11-23-22(10-1)18-29-27-19-30-34(20-33(27)40-32-16-8-6-14-26(32)35(23)38(29)40)39-31-15-7-5-13-25(31)28-17-21-9-2-4-12-24(21)36(30)37(28)39/h1-20H. The number of para-hydroxylation sites is 2. The van der Waals surface area contributed by atoms with Crippen molar-refractivity contribution < 1.29 is 0 Å². The molecule has 0 atom stereocenters. The van der Waals surface area contributed by atoms with Gasteiger partial charge in [-0.15, -0.1) is 0 Å². The molecule has 2 heteroatoms. The third-order valence-electron chi connectivity index (χ3n) is 9.50. The van der Waals surface area contributed by atoms with Crippen LogP contribution in [0.1, 0.15) is 0 Å². The predicted octanol–water partition coefficient (Wildman–Crippen LogP) is 10.3. The monoisotopic (exact) mass is 504 g/mol. The number of hydrogen-bond acceptors (Lipinski definition) is 0. The Kier molecular flexibility index (Phi) is 3.17. The van der Waals surface area contributed by atoms with Gasteiger partial charge in [0.1, 0.15) is 0 Å². The van der Waals surface area contributed by atoms with Gasteiger partial charge in [-0.1, -0.05) is 84.9 Å². The first-order valence-electron chi connectivity index (χ1n) is 14.0. The van der Waals surface area contributed by atoms with Gasteiger partial charge in [-0.2, -0.15) is 0 Å². The van der Waals surface area contributed by atoms with Gasteiger partial charge in [-0.25, -0.2) is 0 Å². The molecule has 11 rings (SSSR count). The second-order valence-corrected chi connectivity index (χ2v) is 11.3. The summed E-state index contributed by atoms with van der Waals surface area (Å²) >= 11 is 0. The highest BCUT2D eigenvalue weighted by Gasteiger charge is 2.24. The average Bonchev–Trinajstić information content (AvgIpc) is 3.72. The van der Waals surface area contributed by atoms with Crippen molar-refractivity contribution >= 4 is 97.7 Å². The second-order valence-electron chi connectivity index (χ2n) is 11.3. The fraction of sp³-hybridized carbons (Fsp3) is 0. The molecule has 0 amide bonds. The molecule has 0 unspecified atom stereocenters. The lowest BCUT2D eigenvalue weighted by Gasteiger charge is -2.04. The maximum Gasteiger partial charge on any atom is 0.0626 e. The van der Waals surface area contributed by atoms with E-state index in [4.69, 9.17) is 0 Å². The van der Waals surface area contributed by atoms with Gasteiger partial charge in [0.25, 0.3) is 0 Å². The van der Waals surface area contributed by atoms with Crippen LogP contribution < -0.4 is 0 Å². The fourth-order valence-corrected chi connectivity index (χ4v) is 7.97. The Morgan fingerprint density at radius 3 is 1.45 bits per heavy atom. The van der Waals surface area contributed by atoms with E-state index >= 15 is 0 Å². The minimum atomic E-state index is 1.27. The molecule has 0 aliphatic carbocycles. The predicted molar refractivity (Wildman–Crippen MR) is 171 cm³/mol. The van der Waals surface area contributed by atoms with E-state index in [1.165, 1.54) is 97.7 Å². The van der Waals surface area contributed by atoms with Crippen molar-refractivity contribution in [3.05, 3.63) is 121 Å². The number of rotatable bonds is 0. The highest BCUT2D eigenvalue weighted by atomic mass is 14.9. The molecule has 40 heavy (non-hydrogen) atoms. The van der Waals surface area contributed by atoms with Crippen molar-refractivity contribution in [1.82, 2.24) is 8.80 Å². The van der Waals surface area contributed by atoms with E-state index in [9.17, 15) is 0 Å². The van der Waals surface area contributed by atoms with E-state index in [1.807, 2.05) is 0 Å². The van der Waals surface area contributed by atoms with Gasteiger partial charge < -0.3 is 8.80 Å². The highest BCUT2D eigenvalue weighted by molar-refractivity contribution is 6.35. The van der Waals surface area contributed by atoms with Crippen molar-refractivity contribution in [1.29, 1.82) is 0 Å². The molecular weight excluding hydrogens is 484 g/mol. The Hall–Kier alpha value is -5.34. The van der Waals surface area contributed by atoms with Crippen molar-refractivity contribution in [2.45, 2.75) is 0 Å². The number of benzene rings is 7. The second kappa shape index (κ2) is 6.44. The average molecular weight is 505 g/mol. The van der Waals surface area contributed by atoms with Crippen LogP contribution in [0.5, 0.6) is 0 Å². The first-order chi connectivity index (χ1) is 19.9. The smallest absolute Gasteiger partial charge is 0.0626 e. The molecule has 4 aromatic heterocycles. The number of hydrogen-bond donors (Lipinski definition) is 0. The van der Waals surface area contributed by atoms with Gasteiger partial charge >= 0.3 is 0 Å². The highest BCUT2D eigenvalue weighted by Crippen LogP contribution is 2.47. The summed E-state index contributed by atoms with van der Waals surface area (Å²) in [4.78, 5) is 0. The minimum absolute atomic E-state index is 1.27. The van der Waals surface area contributed by atoms with Crippen LogP contribution in [0.2, 0.25) is 0 Å². The van der Waals surface area contributed by atoms with Crippen molar-refractivity contribution in [3.63, 3.8) is 0 Å². The van der Waals surface area contributed by atoms with Gasteiger partial charge in [0.05, 0.1) is 33.1 Å². The summed E-state index contributed by atoms with van der Waals surface area (Å²) in [5.74, 6) is 0. The molecule has 0 aliphatic heterocycles. The molecule has 4 heterocycles. The zero-order chi connectivity index (χ0) is 25.7. The molecular formula is C38H20N2. The summed E-state index contributed by atoms with van der Waals surface area (Å²) in [5, 5.41) is 15.9. The zero-order valence-corrected chi connectivity index (χ0v) is 21.4. The van der Waals surface area contributed by atoms with Gasteiger partial charge in [-0.05, 0) is 57.9 Å². The molecule has 11 aromatic rings. The molecule has 0 fully saturated rings. The van der Waals surface area contributed by atoms with E-state index in [1.54, 1.807) is 0 Å². The topological polar surface area (TPSA) is 8.82 Å². The van der Waals surface area contributed by atoms with E-state index < -0.39 is 0 Å². The van der Waals surface area contributed by atoms with Gasteiger partial charge in [-0.3, -0.25) is 0 Å². The van der Waals surface area contributed by atoms with Crippen molar-refractivity contribution in [2.75, 3.05) is 0 Å². The maximum absolute atomic E-state index is 2.52.